The summed E-state index contributed by atoms with van der Waals surface area (Å²) in [4.78, 5) is 2.01. The van der Waals surface area contributed by atoms with Gasteiger partial charge in [-0.1, -0.05) is 31.5 Å². The van der Waals surface area contributed by atoms with E-state index < -0.39 is 6.10 Å². The van der Waals surface area contributed by atoms with Crippen molar-refractivity contribution < 1.29 is 24.1 Å². The Balaban J connectivity index is 2.03. The highest BCUT2D eigenvalue weighted by Gasteiger charge is 2.19. The topological polar surface area (TPSA) is 60.4 Å². The number of hydrogen-bond acceptors (Lipinski definition) is 6. The van der Waals surface area contributed by atoms with Crippen LogP contribution in [0.25, 0.3) is 0 Å². The summed E-state index contributed by atoms with van der Waals surface area (Å²) in [5, 5.41) is 11.3. The van der Waals surface area contributed by atoms with Crippen LogP contribution < -0.4 is 18.9 Å². The molecular formula is C24H34ClNO5. The highest BCUT2D eigenvalue weighted by Crippen LogP contribution is 2.40. The molecule has 0 saturated carbocycles. The summed E-state index contributed by atoms with van der Waals surface area (Å²) < 4.78 is 22.3. The first-order valence-corrected chi connectivity index (χ1v) is 10.7. The third-order valence-corrected chi connectivity index (χ3v) is 5.50. The lowest BCUT2D eigenvalue weighted by Crippen LogP contribution is -2.33. The summed E-state index contributed by atoms with van der Waals surface area (Å²) in [6.45, 7) is 7.32. The summed E-state index contributed by atoms with van der Waals surface area (Å²) in [7, 11) is 6.71. The van der Waals surface area contributed by atoms with Gasteiger partial charge < -0.3 is 24.1 Å². The van der Waals surface area contributed by atoms with Crippen LogP contribution in [0.2, 0.25) is 5.02 Å². The molecule has 0 radical (unpaired) electrons. The number of hydrogen-bond donors (Lipinski definition) is 1. The van der Waals surface area contributed by atoms with Gasteiger partial charge in [0.15, 0.2) is 11.5 Å². The van der Waals surface area contributed by atoms with Crippen molar-refractivity contribution in [1.29, 1.82) is 0 Å². The maximum atomic E-state index is 10.6. The zero-order valence-electron chi connectivity index (χ0n) is 19.5. The second-order valence-corrected chi connectivity index (χ2v) is 8.36. The highest BCUT2D eigenvalue weighted by molar-refractivity contribution is 6.31. The number of rotatable bonds is 11. The molecule has 0 fully saturated rings. The Morgan fingerprint density at radius 1 is 1.00 bits per heavy atom. The van der Waals surface area contributed by atoms with Gasteiger partial charge in [-0.3, -0.25) is 4.90 Å². The van der Waals surface area contributed by atoms with Crippen molar-refractivity contribution in [3.8, 4) is 23.0 Å². The largest absolute Gasteiger partial charge is 0.493 e. The van der Waals surface area contributed by atoms with Gasteiger partial charge in [-0.2, -0.15) is 0 Å². The number of aliphatic hydroxyl groups is 1. The van der Waals surface area contributed by atoms with Gasteiger partial charge in [0.05, 0.1) is 21.3 Å². The molecule has 0 spiro atoms. The van der Waals surface area contributed by atoms with Crippen molar-refractivity contribution in [3.63, 3.8) is 0 Å². The SMILES string of the molecule is COc1ccc(CN(C)C[C@@H](O)COc2cc(C)c(Cl)cc2C(C)C)c(OC)c1OC. The lowest BCUT2D eigenvalue weighted by molar-refractivity contribution is 0.0736. The molecule has 0 unspecified atom stereocenters. The molecule has 0 aliphatic rings. The molecule has 1 atom stereocenters. The van der Waals surface area contributed by atoms with E-state index in [1.165, 1.54) is 0 Å². The number of aliphatic hydroxyl groups excluding tert-OH is 1. The smallest absolute Gasteiger partial charge is 0.203 e. The number of ether oxygens (including phenoxy) is 4. The monoisotopic (exact) mass is 451 g/mol. The standard InChI is InChI=1S/C24H34ClNO5/c1-15(2)19-11-20(25)16(3)10-22(19)31-14-18(27)13-26(4)12-17-8-9-21(28-5)24(30-7)23(17)29-6/h8-11,15,18,27H,12-14H2,1-7H3/t18-/m1/s1. The van der Waals surface area contributed by atoms with E-state index in [1.807, 2.05) is 43.1 Å². The summed E-state index contributed by atoms with van der Waals surface area (Å²) in [6, 6.07) is 7.66. The van der Waals surface area contributed by atoms with E-state index in [0.717, 1.165) is 27.5 Å². The molecule has 0 aliphatic heterocycles. The van der Waals surface area contributed by atoms with Crippen LogP contribution in [0.1, 0.15) is 36.5 Å². The van der Waals surface area contributed by atoms with Crippen LogP contribution in [0, 0.1) is 6.92 Å². The Morgan fingerprint density at radius 3 is 2.26 bits per heavy atom. The van der Waals surface area contributed by atoms with Crippen LogP contribution in [-0.4, -0.2) is 57.6 Å². The maximum absolute atomic E-state index is 10.6. The minimum absolute atomic E-state index is 0.189. The molecule has 1 N–H and O–H groups in total. The second kappa shape index (κ2) is 11.5. The number of aryl methyl sites for hydroxylation is 1. The number of methoxy groups -OCH3 is 3. The molecule has 0 aromatic heterocycles. The van der Waals surface area contributed by atoms with E-state index in [1.54, 1.807) is 21.3 Å². The normalized spacial score (nSPS) is 12.2. The average molecular weight is 452 g/mol. The van der Waals surface area contributed by atoms with Crippen LogP contribution in [-0.2, 0) is 6.54 Å². The summed E-state index contributed by atoms with van der Waals surface area (Å²) in [5.41, 5.74) is 2.92. The molecule has 6 nitrogen and oxygen atoms in total. The van der Waals surface area contributed by atoms with Gasteiger partial charge in [-0.15, -0.1) is 0 Å². The Kier molecular flexibility index (Phi) is 9.29. The molecule has 172 valence electrons. The van der Waals surface area contributed by atoms with Crippen molar-refractivity contribution in [2.45, 2.75) is 39.3 Å². The van der Waals surface area contributed by atoms with E-state index in [9.17, 15) is 5.11 Å². The van der Waals surface area contributed by atoms with Crippen LogP contribution >= 0.6 is 11.6 Å². The zero-order chi connectivity index (χ0) is 23.1. The Morgan fingerprint density at radius 2 is 1.68 bits per heavy atom. The fraction of sp³-hybridized carbons (Fsp3) is 0.500. The van der Waals surface area contributed by atoms with Crippen LogP contribution in [0.5, 0.6) is 23.0 Å². The maximum Gasteiger partial charge on any atom is 0.203 e. The molecule has 0 heterocycles. The first-order valence-electron chi connectivity index (χ1n) is 10.3. The summed E-state index contributed by atoms with van der Waals surface area (Å²) in [5.74, 6) is 2.82. The molecule has 31 heavy (non-hydrogen) atoms. The van der Waals surface area contributed by atoms with E-state index in [2.05, 4.69) is 13.8 Å². The lowest BCUT2D eigenvalue weighted by Gasteiger charge is -2.23. The van der Waals surface area contributed by atoms with Crippen molar-refractivity contribution in [2.75, 3.05) is 41.5 Å². The predicted molar refractivity (Wildman–Crippen MR) is 124 cm³/mol. The summed E-state index contributed by atoms with van der Waals surface area (Å²) in [6.07, 6.45) is -0.660. The predicted octanol–water partition coefficient (Wildman–Crippen LogP) is 4.67. The third-order valence-electron chi connectivity index (χ3n) is 5.09. The Labute approximate surface area is 190 Å². The molecule has 0 aliphatic carbocycles. The van der Waals surface area contributed by atoms with Crippen LogP contribution in [0.15, 0.2) is 24.3 Å². The van der Waals surface area contributed by atoms with Gasteiger partial charge in [0.25, 0.3) is 0 Å². The fourth-order valence-electron chi connectivity index (χ4n) is 3.49. The van der Waals surface area contributed by atoms with Gasteiger partial charge in [0.2, 0.25) is 5.75 Å². The fourth-order valence-corrected chi connectivity index (χ4v) is 3.66. The summed E-state index contributed by atoms with van der Waals surface area (Å²) >= 11 is 6.27. The quantitative estimate of drug-likeness (QED) is 0.535. The van der Waals surface area contributed by atoms with Gasteiger partial charge in [0, 0.05) is 23.7 Å². The minimum atomic E-state index is -0.660. The Hall–Kier alpha value is -2.15. The van der Waals surface area contributed by atoms with Gasteiger partial charge in [-0.05, 0) is 49.2 Å². The second-order valence-electron chi connectivity index (χ2n) is 7.95. The average Bonchev–Trinajstić information content (AvgIpc) is 2.73. The molecule has 7 heteroatoms. The number of likely N-dealkylation sites (N-methyl/N-ethyl adjacent to an activating group) is 1. The highest BCUT2D eigenvalue weighted by atomic mass is 35.5. The first kappa shape index (κ1) is 25.1. The van der Waals surface area contributed by atoms with Crippen molar-refractivity contribution >= 4 is 11.6 Å². The minimum Gasteiger partial charge on any atom is -0.493 e. The van der Waals surface area contributed by atoms with Gasteiger partial charge in [0.1, 0.15) is 18.5 Å². The molecule has 2 aromatic rings. The van der Waals surface area contributed by atoms with Gasteiger partial charge in [-0.25, -0.2) is 0 Å². The molecule has 0 saturated heterocycles. The molecule has 0 bridgehead atoms. The molecule has 0 amide bonds. The molecule has 2 rings (SSSR count). The van der Waals surface area contributed by atoms with Crippen molar-refractivity contribution in [1.82, 2.24) is 4.90 Å². The molecular weight excluding hydrogens is 418 g/mol. The number of halogens is 1. The lowest BCUT2D eigenvalue weighted by atomic mass is 10.0. The third kappa shape index (κ3) is 6.42. The van der Waals surface area contributed by atoms with Gasteiger partial charge >= 0.3 is 0 Å². The number of benzene rings is 2. The van der Waals surface area contributed by atoms with Crippen LogP contribution in [0.4, 0.5) is 0 Å². The van der Waals surface area contributed by atoms with E-state index in [0.29, 0.717) is 30.3 Å². The number of nitrogens with zero attached hydrogens (tertiary/aromatic N) is 1. The van der Waals surface area contributed by atoms with Crippen LogP contribution in [0.3, 0.4) is 0 Å². The van der Waals surface area contributed by atoms with E-state index in [4.69, 9.17) is 30.5 Å². The Bertz CT molecular complexity index is 872. The van der Waals surface area contributed by atoms with E-state index >= 15 is 0 Å². The zero-order valence-corrected chi connectivity index (χ0v) is 20.2. The molecule has 2 aromatic carbocycles. The van der Waals surface area contributed by atoms with E-state index in [-0.39, 0.29) is 12.5 Å². The first-order chi connectivity index (χ1) is 14.7. The van der Waals surface area contributed by atoms with Crippen molar-refractivity contribution in [2.24, 2.45) is 0 Å². The van der Waals surface area contributed by atoms with Crippen molar-refractivity contribution in [3.05, 3.63) is 46.0 Å².